The number of thiophene rings is 1. The lowest BCUT2D eigenvalue weighted by atomic mass is 10.1. The topological polar surface area (TPSA) is 84.2 Å². The first-order valence-electron chi connectivity index (χ1n) is 7.10. The maximum Gasteiger partial charge on any atom is 0.324 e. The molecule has 0 saturated carbocycles. The van der Waals surface area contributed by atoms with Crippen molar-refractivity contribution in [2.75, 3.05) is 10.6 Å². The van der Waals surface area contributed by atoms with Crippen LogP contribution in [-0.4, -0.2) is 11.9 Å². The van der Waals surface area contributed by atoms with Gasteiger partial charge in [0.2, 0.25) is 0 Å². The fraction of sp³-hybridized carbons (Fsp3) is 0.0588. The normalized spacial score (nSPS) is 10.6. The van der Waals surface area contributed by atoms with Crippen LogP contribution in [0.3, 0.4) is 0 Å². The summed E-state index contributed by atoms with van der Waals surface area (Å²) >= 11 is 4.67. The number of carbonyl (C=O) groups excluding carboxylic acids is 2. The van der Waals surface area contributed by atoms with Crippen LogP contribution in [0.4, 0.5) is 15.5 Å². The number of urea groups is 1. The zero-order valence-electron chi connectivity index (χ0n) is 12.7. The van der Waals surface area contributed by atoms with E-state index in [0.29, 0.717) is 16.3 Å². The zero-order valence-corrected chi connectivity index (χ0v) is 15.1. The van der Waals surface area contributed by atoms with Crippen molar-refractivity contribution < 1.29 is 9.59 Å². The Balaban J connectivity index is 1.88. The molecule has 3 amide bonds. The van der Waals surface area contributed by atoms with Gasteiger partial charge in [-0.1, -0.05) is 28.1 Å². The Morgan fingerprint density at radius 3 is 2.46 bits per heavy atom. The highest BCUT2D eigenvalue weighted by molar-refractivity contribution is 9.10. The Hall–Kier alpha value is -2.38. The lowest BCUT2D eigenvalue weighted by Gasteiger charge is -2.07. The number of anilines is 2. The molecule has 24 heavy (non-hydrogen) atoms. The molecule has 0 radical (unpaired) electrons. The Morgan fingerprint density at radius 1 is 1.08 bits per heavy atom. The molecule has 0 unspecified atom stereocenters. The molecular formula is C17H14BrN3O2S. The van der Waals surface area contributed by atoms with Crippen LogP contribution in [0.1, 0.15) is 15.9 Å². The van der Waals surface area contributed by atoms with E-state index >= 15 is 0 Å². The van der Waals surface area contributed by atoms with Gasteiger partial charge in [0.1, 0.15) is 5.00 Å². The van der Waals surface area contributed by atoms with E-state index in [1.807, 2.05) is 37.3 Å². The molecule has 2 aromatic carbocycles. The van der Waals surface area contributed by atoms with E-state index in [9.17, 15) is 9.59 Å². The minimum atomic E-state index is -0.566. The van der Waals surface area contributed by atoms with Crippen molar-refractivity contribution in [3.63, 3.8) is 0 Å². The van der Waals surface area contributed by atoms with Crippen molar-refractivity contribution in [2.24, 2.45) is 5.73 Å². The molecule has 0 spiro atoms. The molecule has 3 aromatic rings. The second-order valence-corrected chi connectivity index (χ2v) is 7.22. The van der Waals surface area contributed by atoms with E-state index in [2.05, 4.69) is 26.6 Å². The molecule has 3 rings (SSSR count). The maximum absolute atomic E-state index is 12.2. The molecule has 0 aliphatic carbocycles. The van der Waals surface area contributed by atoms with Crippen LogP contribution in [0.5, 0.6) is 0 Å². The summed E-state index contributed by atoms with van der Waals surface area (Å²) in [5, 5.41) is 6.63. The number of hydrogen-bond donors (Lipinski definition) is 3. The van der Waals surface area contributed by atoms with Crippen molar-refractivity contribution in [2.45, 2.75) is 6.92 Å². The fourth-order valence-electron chi connectivity index (χ4n) is 2.34. The second kappa shape index (κ2) is 6.62. The molecule has 0 bridgehead atoms. The molecule has 1 aromatic heterocycles. The van der Waals surface area contributed by atoms with Crippen LogP contribution in [0, 0.1) is 6.92 Å². The van der Waals surface area contributed by atoms with E-state index in [-0.39, 0.29) is 0 Å². The number of fused-ring (bicyclic) bond motifs is 1. The van der Waals surface area contributed by atoms with Crippen molar-refractivity contribution in [1.29, 1.82) is 0 Å². The summed E-state index contributed by atoms with van der Waals surface area (Å²) in [5.74, 6) is -0.566. The van der Waals surface area contributed by atoms with Gasteiger partial charge in [-0.3, -0.25) is 10.1 Å². The number of rotatable bonds is 3. The van der Waals surface area contributed by atoms with Crippen molar-refractivity contribution in [3.8, 4) is 0 Å². The van der Waals surface area contributed by atoms with Crippen LogP contribution in [0.15, 0.2) is 46.9 Å². The third kappa shape index (κ3) is 3.42. The van der Waals surface area contributed by atoms with Crippen molar-refractivity contribution >= 4 is 60.0 Å². The van der Waals surface area contributed by atoms with E-state index in [4.69, 9.17) is 5.73 Å². The largest absolute Gasteiger partial charge is 0.365 e. The third-order valence-corrected chi connectivity index (χ3v) is 5.02. The summed E-state index contributed by atoms with van der Waals surface area (Å²) in [5.41, 5.74) is 7.55. The number of amides is 3. The lowest BCUT2D eigenvalue weighted by Crippen LogP contribution is -2.21. The van der Waals surface area contributed by atoms with Crippen LogP contribution in [0.25, 0.3) is 10.1 Å². The minimum Gasteiger partial charge on any atom is -0.365 e. The summed E-state index contributed by atoms with van der Waals surface area (Å²) in [7, 11) is 0. The Labute approximate surface area is 151 Å². The summed E-state index contributed by atoms with van der Waals surface area (Å²) in [6.07, 6.45) is 0. The first-order valence-corrected chi connectivity index (χ1v) is 8.71. The molecule has 7 heteroatoms. The Morgan fingerprint density at radius 2 is 1.79 bits per heavy atom. The first kappa shape index (κ1) is 16.5. The molecule has 0 saturated heterocycles. The molecule has 4 N–H and O–H groups in total. The predicted octanol–water partition coefficient (Wildman–Crippen LogP) is 4.72. The second-order valence-electron chi connectivity index (χ2n) is 5.26. The summed E-state index contributed by atoms with van der Waals surface area (Å²) in [4.78, 5) is 24.0. The van der Waals surface area contributed by atoms with Gasteiger partial charge in [-0.15, -0.1) is 11.3 Å². The summed E-state index contributed by atoms with van der Waals surface area (Å²) < 4.78 is 1.83. The average molecular weight is 404 g/mol. The van der Waals surface area contributed by atoms with E-state index in [1.165, 1.54) is 11.3 Å². The third-order valence-electron chi connectivity index (χ3n) is 3.42. The van der Waals surface area contributed by atoms with Gasteiger partial charge in [0.25, 0.3) is 5.91 Å². The minimum absolute atomic E-state index is 0.334. The highest BCUT2D eigenvalue weighted by Crippen LogP contribution is 2.36. The molecule has 0 aliphatic heterocycles. The molecule has 0 atom stereocenters. The van der Waals surface area contributed by atoms with Gasteiger partial charge in [-0.05, 0) is 42.8 Å². The average Bonchev–Trinajstić information content (AvgIpc) is 2.86. The van der Waals surface area contributed by atoms with E-state index < -0.39 is 11.9 Å². The van der Waals surface area contributed by atoms with Gasteiger partial charge < -0.3 is 11.1 Å². The smallest absolute Gasteiger partial charge is 0.324 e. The predicted molar refractivity (Wildman–Crippen MR) is 102 cm³/mol. The summed E-state index contributed by atoms with van der Waals surface area (Å²) in [6, 6.07) is 12.5. The molecular weight excluding hydrogens is 390 g/mol. The van der Waals surface area contributed by atoms with E-state index in [1.54, 1.807) is 12.1 Å². The van der Waals surface area contributed by atoms with Gasteiger partial charge >= 0.3 is 6.03 Å². The molecule has 5 nitrogen and oxygen atoms in total. The Bertz CT molecular complexity index is 935. The number of benzene rings is 2. The van der Waals surface area contributed by atoms with Crippen LogP contribution in [0.2, 0.25) is 0 Å². The van der Waals surface area contributed by atoms with Crippen LogP contribution >= 0.6 is 27.3 Å². The van der Waals surface area contributed by atoms with Gasteiger partial charge in [0.15, 0.2) is 0 Å². The van der Waals surface area contributed by atoms with E-state index in [0.717, 1.165) is 20.1 Å². The van der Waals surface area contributed by atoms with Gasteiger partial charge in [0.05, 0.1) is 5.56 Å². The number of aryl methyl sites for hydroxylation is 1. The zero-order chi connectivity index (χ0) is 17.3. The Kier molecular flexibility index (Phi) is 4.55. The molecule has 1 heterocycles. The van der Waals surface area contributed by atoms with Gasteiger partial charge in [-0.25, -0.2) is 4.79 Å². The number of nitrogens with one attached hydrogen (secondary N) is 2. The van der Waals surface area contributed by atoms with Gasteiger partial charge in [0, 0.05) is 20.2 Å². The summed E-state index contributed by atoms with van der Waals surface area (Å²) in [6.45, 7) is 1.97. The molecule has 122 valence electrons. The maximum atomic E-state index is 12.2. The quantitative estimate of drug-likeness (QED) is 0.591. The highest BCUT2D eigenvalue weighted by Gasteiger charge is 2.18. The van der Waals surface area contributed by atoms with Crippen LogP contribution < -0.4 is 16.4 Å². The number of primary amides is 1. The standard InChI is InChI=1S/C17H14BrN3O2S/c1-9-2-7-12-13(8-9)24-16(14(12)15(19)22)21-17(23)20-11-5-3-10(18)4-6-11/h2-8H,1H3,(H2,19,22)(H2,20,21,23). The SMILES string of the molecule is Cc1ccc2c(C(N)=O)c(NC(=O)Nc3ccc(Br)cc3)sc2c1. The first-order chi connectivity index (χ1) is 11.4. The fourth-order valence-corrected chi connectivity index (χ4v) is 3.80. The monoisotopic (exact) mass is 403 g/mol. The molecule has 0 aliphatic rings. The number of halogens is 1. The highest BCUT2D eigenvalue weighted by atomic mass is 79.9. The number of carbonyl (C=O) groups is 2. The van der Waals surface area contributed by atoms with Crippen molar-refractivity contribution in [3.05, 3.63) is 58.1 Å². The van der Waals surface area contributed by atoms with Crippen molar-refractivity contribution in [1.82, 2.24) is 0 Å². The lowest BCUT2D eigenvalue weighted by molar-refractivity contribution is 0.100. The number of hydrogen-bond acceptors (Lipinski definition) is 3. The molecule has 0 fully saturated rings. The van der Waals surface area contributed by atoms with Gasteiger partial charge in [-0.2, -0.15) is 0 Å². The van der Waals surface area contributed by atoms with Crippen LogP contribution in [-0.2, 0) is 0 Å². The number of nitrogens with two attached hydrogens (primary N) is 1.